The van der Waals surface area contributed by atoms with E-state index in [1.54, 1.807) is 12.1 Å². The molecule has 3 heteroatoms. The molecule has 0 spiro atoms. The summed E-state index contributed by atoms with van der Waals surface area (Å²) in [5.41, 5.74) is 1.46. The van der Waals surface area contributed by atoms with Gasteiger partial charge in [0, 0.05) is 11.0 Å². The van der Waals surface area contributed by atoms with Crippen LogP contribution in [0.2, 0.25) is 0 Å². The van der Waals surface area contributed by atoms with Crippen LogP contribution in [0.15, 0.2) is 24.3 Å². The molecule has 1 aromatic carbocycles. The van der Waals surface area contributed by atoms with Crippen molar-refractivity contribution in [1.82, 2.24) is 0 Å². The van der Waals surface area contributed by atoms with Crippen LogP contribution in [-0.2, 0) is 5.75 Å². The van der Waals surface area contributed by atoms with E-state index >= 15 is 0 Å². The van der Waals surface area contributed by atoms with Gasteiger partial charge in [-0.25, -0.2) is 0 Å². The molecule has 1 aliphatic rings. The highest BCUT2D eigenvalue weighted by molar-refractivity contribution is 7.99. The molecule has 0 heterocycles. The lowest BCUT2D eigenvalue weighted by Crippen LogP contribution is -2.21. The third-order valence-corrected chi connectivity index (χ3v) is 4.67. The van der Waals surface area contributed by atoms with E-state index in [2.05, 4.69) is 0 Å². The largest absolute Gasteiger partial charge is 0.545 e. The van der Waals surface area contributed by atoms with Gasteiger partial charge in [-0.3, -0.25) is 0 Å². The first kappa shape index (κ1) is 12.5. The molecule has 0 aromatic heterocycles. The molecule has 2 nitrogen and oxygen atoms in total. The summed E-state index contributed by atoms with van der Waals surface area (Å²) in [5, 5.41) is 11.4. The van der Waals surface area contributed by atoms with Crippen molar-refractivity contribution in [3.8, 4) is 0 Å². The molecule has 0 amide bonds. The Hall–Kier alpha value is -0.960. The number of hydrogen-bond acceptors (Lipinski definition) is 3. The van der Waals surface area contributed by atoms with E-state index in [9.17, 15) is 9.90 Å². The lowest BCUT2D eigenvalue weighted by molar-refractivity contribution is -0.255. The maximum atomic E-state index is 10.6. The van der Waals surface area contributed by atoms with Crippen molar-refractivity contribution in [1.29, 1.82) is 0 Å². The maximum absolute atomic E-state index is 10.6. The summed E-state index contributed by atoms with van der Waals surface area (Å²) >= 11 is 2.00. The number of rotatable bonds is 4. The Morgan fingerprint density at radius 1 is 1.18 bits per heavy atom. The number of benzene rings is 1. The third-order valence-electron chi connectivity index (χ3n) is 3.23. The smallest absolute Gasteiger partial charge is 0.0715 e. The minimum absolute atomic E-state index is 0.261. The molecule has 92 valence electrons. The number of carboxylic acids is 1. The Morgan fingerprint density at radius 2 is 1.82 bits per heavy atom. The van der Waals surface area contributed by atoms with E-state index in [4.69, 9.17) is 0 Å². The average Bonchev–Trinajstić information content (AvgIpc) is 2.38. The second-order valence-electron chi connectivity index (χ2n) is 4.56. The number of carbonyl (C=O) groups excluding carboxylic acids is 1. The van der Waals surface area contributed by atoms with Gasteiger partial charge in [0.1, 0.15) is 0 Å². The fourth-order valence-electron chi connectivity index (χ4n) is 2.18. The molecule has 1 aliphatic carbocycles. The zero-order chi connectivity index (χ0) is 12.1. The van der Waals surface area contributed by atoms with Gasteiger partial charge in [0.2, 0.25) is 0 Å². The summed E-state index contributed by atoms with van der Waals surface area (Å²) in [4.78, 5) is 10.6. The van der Waals surface area contributed by atoms with Crippen molar-refractivity contribution >= 4 is 17.7 Å². The summed E-state index contributed by atoms with van der Waals surface area (Å²) in [6, 6.07) is 7.04. The van der Waals surface area contributed by atoms with Crippen molar-refractivity contribution in [3.05, 3.63) is 35.4 Å². The van der Waals surface area contributed by atoms with Crippen LogP contribution < -0.4 is 5.11 Å². The molecular weight excluding hydrogens is 232 g/mol. The molecule has 0 bridgehead atoms. The van der Waals surface area contributed by atoms with Crippen LogP contribution in [0.4, 0.5) is 0 Å². The van der Waals surface area contributed by atoms with E-state index in [-0.39, 0.29) is 5.56 Å². The molecule has 17 heavy (non-hydrogen) atoms. The maximum Gasteiger partial charge on any atom is 0.0715 e. The van der Waals surface area contributed by atoms with Gasteiger partial charge >= 0.3 is 0 Å². The van der Waals surface area contributed by atoms with E-state index in [0.717, 1.165) is 11.0 Å². The third kappa shape index (κ3) is 3.77. The van der Waals surface area contributed by atoms with Gasteiger partial charge in [0.15, 0.2) is 0 Å². The molecule has 1 aromatic rings. The van der Waals surface area contributed by atoms with Crippen LogP contribution >= 0.6 is 11.8 Å². The van der Waals surface area contributed by atoms with E-state index < -0.39 is 5.97 Å². The average molecular weight is 249 g/mol. The summed E-state index contributed by atoms with van der Waals surface area (Å²) < 4.78 is 0. The highest BCUT2D eigenvalue weighted by atomic mass is 32.2. The molecule has 0 aliphatic heterocycles. The Bertz CT molecular complexity index is 366. The summed E-state index contributed by atoms with van der Waals surface area (Å²) in [5.74, 6) is -0.116. The Morgan fingerprint density at radius 3 is 2.41 bits per heavy atom. The van der Waals surface area contributed by atoms with Crippen molar-refractivity contribution in [2.24, 2.45) is 0 Å². The number of carbonyl (C=O) groups is 1. The summed E-state index contributed by atoms with van der Waals surface area (Å²) in [6.07, 6.45) is 6.78. The van der Waals surface area contributed by atoms with E-state index in [1.807, 2.05) is 23.9 Å². The van der Waals surface area contributed by atoms with E-state index in [0.29, 0.717) is 0 Å². The number of carboxylic acid groups (broad SMARTS) is 1. The summed E-state index contributed by atoms with van der Waals surface area (Å²) in [6.45, 7) is 0. The van der Waals surface area contributed by atoms with Gasteiger partial charge in [-0.15, -0.1) is 0 Å². The van der Waals surface area contributed by atoms with Gasteiger partial charge < -0.3 is 9.90 Å². The standard InChI is InChI=1S/C14H18O2S/c15-14(16)12-8-6-11(7-9-12)10-17-13-4-2-1-3-5-13/h6-9,13H,1-5,10H2,(H,15,16)/p-1. The second-order valence-corrected chi connectivity index (χ2v) is 5.84. The molecule has 0 saturated heterocycles. The number of hydrogen-bond donors (Lipinski definition) is 0. The molecule has 2 rings (SSSR count). The van der Waals surface area contributed by atoms with Crippen LogP contribution in [0.1, 0.15) is 48.0 Å². The van der Waals surface area contributed by atoms with Crippen LogP contribution in [0.25, 0.3) is 0 Å². The minimum Gasteiger partial charge on any atom is -0.545 e. The Balaban J connectivity index is 1.84. The summed E-state index contributed by atoms with van der Waals surface area (Å²) in [7, 11) is 0. The van der Waals surface area contributed by atoms with Gasteiger partial charge in [-0.05, 0) is 24.0 Å². The molecule has 1 fully saturated rings. The molecule has 0 radical (unpaired) electrons. The first-order chi connectivity index (χ1) is 8.25. The number of aromatic carboxylic acids is 1. The zero-order valence-electron chi connectivity index (χ0n) is 9.85. The van der Waals surface area contributed by atoms with Crippen molar-refractivity contribution in [2.45, 2.75) is 43.1 Å². The first-order valence-electron chi connectivity index (χ1n) is 6.17. The Kier molecular flexibility index (Phi) is 4.49. The van der Waals surface area contributed by atoms with Crippen molar-refractivity contribution < 1.29 is 9.90 Å². The molecule has 1 saturated carbocycles. The fourth-order valence-corrected chi connectivity index (χ4v) is 3.47. The number of thioether (sulfide) groups is 1. The first-order valence-corrected chi connectivity index (χ1v) is 7.22. The normalized spacial score (nSPS) is 16.9. The van der Waals surface area contributed by atoms with Crippen LogP contribution in [0, 0.1) is 0 Å². The second kappa shape index (κ2) is 6.10. The van der Waals surface area contributed by atoms with E-state index in [1.165, 1.54) is 37.7 Å². The predicted octanol–water partition coefficient (Wildman–Crippen LogP) is 2.62. The van der Waals surface area contributed by atoms with Gasteiger partial charge in [-0.1, -0.05) is 43.5 Å². The van der Waals surface area contributed by atoms with Gasteiger partial charge in [0.05, 0.1) is 5.97 Å². The van der Waals surface area contributed by atoms with Gasteiger partial charge in [-0.2, -0.15) is 11.8 Å². The minimum atomic E-state index is -1.10. The Labute approximate surface area is 106 Å². The van der Waals surface area contributed by atoms with Crippen LogP contribution in [-0.4, -0.2) is 11.2 Å². The molecule has 0 N–H and O–H groups in total. The van der Waals surface area contributed by atoms with Crippen LogP contribution in [0.5, 0.6) is 0 Å². The fraction of sp³-hybridized carbons (Fsp3) is 0.500. The predicted molar refractivity (Wildman–Crippen MR) is 68.9 cm³/mol. The molecule has 0 unspecified atom stereocenters. The SMILES string of the molecule is O=C([O-])c1ccc(CSC2CCCCC2)cc1. The van der Waals surface area contributed by atoms with Crippen LogP contribution in [0.3, 0.4) is 0 Å². The quantitative estimate of drug-likeness (QED) is 0.823. The highest BCUT2D eigenvalue weighted by Gasteiger charge is 2.13. The monoisotopic (exact) mass is 249 g/mol. The zero-order valence-corrected chi connectivity index (χ0v) is 10.7. The highest BCUT2D eigenvalue weighted by Crippen LogP contribution is 2.30. The molecular formula is C14H17O2S-. The topological polar surface area (TPSA) is 40.1 Å². The van der Waals surface area contributed by atoms with Gasteiger partial charge in [0.25, 0.3) is 0 Å². The molecule has 0 atom stereocenters. The van der Waals surface area contributed by atoms with Crippen molar-refractivity contribution in [2.75, 3.05) is 0 Å². The van der Waals surface area contributed by atoms with Crippen molar-refractivity contribution in [3.63, 3.8) is 0 Å². The lowest BCUT2D eigenvalue weighted by Gasteiger charge is -2.20. The lowest BCUT2D eigenvalue weighted by atomic mass is 10.0.